The first-order valence-corrected chi connectivity index (χ1v) is 12.4. The van der Waals surface area contributed by atoms with Crippen LogP contribution in [0.25, 0.3) is 0 Å². The van der Waals surface area contributed by atoms with Crippen molar-refractivity contribution in [1.29, 1.82) is 0 Å². The lowest BCUT2D eigenvalue weighted by Crippen LogP contribution is -2.54. The number of rotatable bonds is 6. The molecule has 2 aliphatic heterocycles. The van der Waals surface area contributed by atoms with E-state index in [-0.39, 0.29) is 30.1 Å². The Morgan fingerprint density at radius 3 is 2.80 bits per heavy atom. The van der Waals surface area contributed by atoms with Crippen LogP contribution in [-0.4, -0.2) is 70.3 Å². The quantitative estimate of drug-likeness (QED) is 0.641. The number of amides is 2. The van der Waals surface area contributed by atoms with Crippen molar-refractivity contribution in [1.82, 2.24) is 25.3 Å². The molecule has 3 heterocycles. The summed E-state index contributed by atoms with van der Waals surface area (Å²) in [6.07, 6.45) is 0.807. The molecular formula is C25H36N6O4. The molecular weight excluding hydrogens is 448 g/mol. The number of aromatic nitrogens is 2. The highest BCUT2D eigenvalue weighted by atomic mass is 16.6. The van der Waals surface area contributed by atoms with Gasteiger partial charge in [-0.2, -0.15) is 0 Å². The van der Waals surface area contributed by atoms with E-state index < -0.39 is 0 Å². The number of anilines is 2. The molecule has 190 valence electrons. The number of hydrogen-bond donors (Lipinski definition) is 2. The number of piperidine rings is 1. The fourth-order valence-corrected chi connectivity index (χ4v) is 4.75. The van der Waals surface area contributed by atoms with Crippen LogP contribution in [0.2, 0.25) is 0 Å². The number of nitrogens with zero attached hydrogens (tertiary/aromatic N) is 4. The van der Waals surface area contributed by atoms with E-state index in [4.69, 9.17) is 9.15 Å². The van der Waals surface area contributed by atoms with E-state index in [1.54, 1.807) is 0 Å². The Morgan fingerprint density at radius 1 is 1.29 bits per heavy atom. The zero-order valence-electron chi connectivity index (χ0n) is 21.3. The lowest BCUT2D eigenvalue weighted by atomic mass is 9.98. The molecule has 1 aromatic heterocycles. The summed E-state index contributed by atoms with van der Waals surface area (Å²) < 4.78 is 11.2. The topological polar surface area (TPSA) is 113 Å². The van der Waals surface area contributed by atoms with Gasteiger partial charge < -0.3 is 24.7 Å². The molecule has 2 aromatic rings. The zero-order valence-corrected chi connectivity index (χ0v) is 21.3. The Bertz CT molecular complexity index is 1070. The van der Waals surface area contributed by atoms with Gasteiger partial charge in [-0.15, -0.1) is 5.10 Å². The Hall–Kier alpha value is -3.14. The van der Waals surface area contributed by atoms with Gasteiger partial charge in [0.1, 0.15) is 0 Å². The summed E-state index contributed by atoms with van der Waals surface area (Å²) in [5.41, 5.74) is 4.37. The minimum absolute atomic E-state index is 0.0140. The van der Waals surface area contributed by atoms with Crippen LogP contribution in [-0.2, 0) is 16.1 Å². The van der Waals surface area contributed by atoms with Crippen LogP contribution < -0.4 is 10.6 Å². The summed E-state index contributed by atoms with van der Waals surface area (Å²) in [5.74, 6) is 0.468. The molecule has 2 N–H and O–H groups in total. The van der Waals surface area contributed by atoms with Gasteiger partial charge in [0, 0.05) is 56.8 Å². The first-order chi connectivity index (χ1) is 16.7. The molecule has 2 saturated heterocycles. The molecule has 0 bridgehead atoms. The zero-order chi connectivity index (χ0) is 25.1. The second-order valence-electron chi connectivity index (χ2n) is 9.92. The SMILES string of the molecule is Cc1cc(CN2CCN(C(=O)OC(C)C)[C@@H](C)C2)c(C)c(Nc2nnc(C3CCNC(=O)C3)o2)c1. The van der Waals surface area contributed by atoms with Gasteiger partial charge >= 0.3 is 12.1 Å². The molecule has 0 radical (unpaired) electrons. The van der Waals surface area contributed by atoms with Gasteiger partial charge in [0.05, 0.1) is 6.10 Å². The highest BCUT2D eigenvalue weighted by Crippen LogP contribution is 2.29. The van der Waals surface area contributed by atoms with Gasteiger partial charge in [-0.3, -0.25) is 9.69 Å². The standard InChI is InChI=1S/C25H36N6O4/c1-15(2)34-25(33)31-9-8-30(13-17(31)4)14-20-10-16(3)11-21(18(20)5)27-24-29-28-23(35-24)19-6-7-26-22(32)12-19/h10-11,15,17,19H,6-9,12-14H2,1-5H3,(H,26,32)(H,27,29)/t17-,19?/m0/s1. The number of benzene rings is 1. The third-order valence-corrected chi connectivity index (χ3v) is 6.61. The molecule has 2 fully saturated rings. The molecule has 10 nitrogen and oxygen atoms in total. The van der Waals surface area contributed by atoms with E-state index in [1.165, 1.54) is 5.56 Å². The van der Waals surface area contributed by atoms with E-state index >= 15 is 0 Å². The van der Waals surface area contributed by atoms with Crippen LogP contribution in [0.3, 0.4) is 0 Å². The molecule has 0 saturated carbocycles. The van der Waals surface area contributed by atoms with Crippen molar-refractivity contribution in [3.8, 4) is 0 Å². The monoisotopic (exact) mass is 484 g/mol. The molecule has 10 heteroatoms. The average molecular weight is 485 g/mol. The van der Waals surface area contributed by atoms with Crippen molar-refractivity contribution >= 4 is 23.7 Å². The van der Waals surface area contributed by atoms with Crippen LogP contribution in [0.5, 0.6) is 0 Å². The maximum Gasteiger partial charge on any atom is 0.410 e. The third-order valence-electron chi connectivity index (χ3n) is 6.61. The highest BCUT2D eigenvalue weighted by Gasteiger charge is 2.29. The van der Waals surface area contributed by atoms with Crippen molar-refractivity contribution in [2.75, 3.05) is 31.5 Å². The number of hydrogen-bond acceptors (Lipinski definition) is 8. The molecule has 4 rings (SSSR count). The predicted molar refractivity (Wildman–Crippen MR) is 132 cm³/mol. The highest BCUT2D eigenvalue weighted by molar-refractivity contribution is 5.77. The number of carbonyl (C=O) groups is 2. The minimum atomic E-state index is -0.238. The van der Waals surface area contributed by atoms with E-state index in [2.05, 4.69) is 58.6 Å². The maximum absolute atomic E-state index is 12.4. The van der Waals surface area contributed by atoms with Crippen LogP contribution in [0.1, 0.15) is 62.1 Å². The van der Waals surface area contributed by atoms with Crippen molar-refractivity contribution < 1.29 is 18.7 Å². The number of nitrogens with one attached hydrogen (secondary N) is 2. The summed E-state index contributed by atoms with van der Waals surface area (Å²) >= 11 is 0. The smallest absolute Gasteiger partial charge is 0.410 e. The number of piperazine rings is 1. The Morgan fingerprint density at radius 2 is 2.09 bits per heavy atom. The van der Waals surface area contributed by atoms with Crippen LogP contribution in [0.15, 0.2) is 16.5 Å². The van der Waals surface area contributed by atoms with Gasteiger partial charge in [-0.25, -0.2) is 4.79 Å². The summed E-state index contributed by atoms with van der Waals surface area (Å²) in [5, 5.41) is 14.4. The first-order valence-electron chi connectivity index (χ1n) is 12.4. The molecule has 0 spiro atoms. The Kier molecular flexibility index (Phi) is 7.59. The van der Waals surface area contributed by atoms with Crippen molar-refractivity contribution in [3.05, 3.63) is 34.7 Å². The Labute approximate surface area is 206 Å². The summed E-state index contributed by atoms with van der Waals surface area (Å²) in [6, 6.07) is 4.68. The molecule has 0 aliphatic carbocycles. The van der Waals surface area contributed by atoms with E-state index in [0.29, 0.717) is 31.4 Å². The van der Waals surface area contributed by atoms with Crippen molar-refractivity contribution in [3.63, 3.8) is 0 Å². The van der Waals surface area contributed by atoms with Gasteiger partial charge in [0.15, 0.2) is 0 Å². The lowest BCUT2D eigenvalue weighted by Gasteiger charge is -2.39. The van der Waals surface area contributed by atoms with Gasteiger partial charge in [-0.1, -0.05) is 11.2 Å². The molecule has 2 atom stereocenters. The Balaban J connectivity index is 1.41. The van der Waals surface area contributed by atoms with E-state index in [1.807, 2.05) is 18.7 Å². The predicted octanol–water partition coefficient (Wildman–Crippen LogP) is 3.47. The second-order valence-corrected chi connectivity index (χ2v) is 9.92. The molecule has 35 heavy (non-hydrogen) atoms. The van der Waals surface area contributed by atoms with Crippen molar-refractivity contribution in [2.45, 2.75) is 72.1 Å². The van der Waals surface area contributed by atoms with Crippen LogP contribution in [0.4, 0.5) is 16.5 Å². The summed E-state index contributed by atoms with van der Waals surface area (Å²) in [6.45, 7) is 13.6. The average Bonchev–Trinajstić information content (AvgIpc) is 3.25. The lowest BCUT2D eigenvalue weighted by molar-refractivity contribution is -0.122. The minimum Gasteiger partial charge on any atom is -0.447 e. The normalized spacial score (nSPS) is 21.2. The second kappa shape index (κ2) is 10.6. The molecule has 1 unspecified atom stereocenters. The fraction of sp³-hybridized carbons (Fsp3) is 0.600. The van der Waals surface area contributed by atoms with Crippen LogP contribution >= 0.6 is 0 Å². The van der Waals surface area contributed by atoms with Crippen LogP contribution in [0, 0.1) is 13.8 Å². The maximum atomic E-state index is 12.4. The third kappa shape index (κ3) is 6.11. The van der Waals surface area contributed by atoms with Gasteiger partial charge in [0.2, 0.25) is 11.8 Å². The fourth-order valence-electron chi connectivity index (χ4n) is 4.75. The van der Waals surface area contributed by atoms with Gasteiger partial charge in [0.25, 0.3) is 0 Å². The molecule has 2 aliphatic rings. The number of ether oxygens (including phenoxy) is 1. The number of carbonyl (C=O) groups excluding carboxylic acids is 2. The van der Waals surface area contributed by atoms with E-state index in [0.717, 1.165) is 42.9 Å². The summed E-state index contributed by atoms with van der Waals surface area (Å²) in [4.78, 5) is 28.2. The molecule has 1 aromatic carbocycles. The largest absolute Gasteiger partial charge is 0.447 e. The molecule has 2 amide bonds. The first kappa shape index (κ1) is 25.0. The van der Waals surface area contributed by atoms with Gasteiger partial charge in [-0.05, 0) is 63.8 Å². The number of aryl methyl sites for hydroxylation is 1. The summed E-state index contributed by atoms with van der Waals surface area (Å²) in [7, 11) is 0. The van der Waals surface area contributed by atoms with Crippen molar-refractivity contribution in [2.24, 2.45) is 0 Å². The van der Waals surface area contributed by atoms with E-state index in [9.17, 15) is 9.59 Å².